The molecule has 1 saturated heterocycles. The Morgan fingerprint density at radius 2 is 1.62 bits per heavy atom. The molecule has 2 heterocycles. The first-order valence-electron chi connectivity index (χ1n) is 13.3. The minimum Gasteiger partial charge on any atom is -0.368 e. The molecule has 1 aromatic heterocycles. The number of hydrogen-bond acceptors (Lipinski definition) is 4. The molecule has 4 aromatic carbocycles. The van der Waals surface area contributed by atoms with E-state index in [1.165, 1.54) is 16.2 Å². The van der Waals surface area contributed by atoms with Crippen molar-refractivity contribution in [3.05, 3.63) is 84.2 Å². The van der Waals surface area contributed by atoms with Crippen molar-refractivity contribution < 1.29 is 4.79 Å². The van der Waals surface area contributed by atoms with Gasteiger partial charge in [-0.1, -0.05) is 55.8 Å². The van der Waals surface area contributed by atoms with Gasteiger partial charge in [-0.25, -0.2) is 0 Å². The number of nitrogens with one attached hydrogen (secondary N) is 1. The maximum Gasteiger partial charge on any atom is 0.251 e. The molecule has 202 valence electrons. The number of carbonyl (C=O) groups excluding carboxylic acids is 1. The van der Waals surface area contributed by atoms with Gasteiger partial charge in [0.1, 0.15) is 0 Å². The normalized spacial score (nSPS) is 13.3. The van der Waals surface area contributed by atoms with Crippen molar-refractivity contribution in [1.82, 2.24) is 10.3 Å². The van der Waals surface area contributed by atoms with Crippen molar-refractivity contribution in [2.24, 2.45) is 5.73 Å². The predicted molar refractivity (Wildman–Crippen MR) is 169 cm³/mol. The first kappa shape index (κ1) is 28.6. The maximum absolute atomic E-state index is 13.4. The summed E-state index contributed by atoms with van der Waals surface area (Å²) in [5, 5.41) is 10.3. The standard InChI is InChI=1S/C32H32N4O.2ClH/c1-2-3-10-24-26-18-22-7-4-5-8-23(22)19-27(26)29(25-11-6-9-21-12-13-35-20-28(21)25)31(30(24)32(33)37)36-16-14-34-15-17-36;;/h4-9,11-13,18-20,34H,2-3,10,14-17H2,1H3,(H2,33,37);2*1H. The Kier molecular flexibility index (Phi) is 8.96. The summed E-state index contributed by atoms with van der Waals surface area (Å²) < 4.78 is 0. The number of nitrogens with two attached hydrogens (primary N) is 1. The molecule has 3 N–H and O–H groups in total. The Balaban J connectivity index is 0.00000176. The van der Waals surface area contributed by atoms with E-state index in [2.05, 4.69) is 76.7 Å². The summed E-state index contributed by atoms with van der Waals surface area (Å²) in [7, 11) is 0. The lowest BCUT2D eigenvalue weighted by Crippen LogP contribution is -2.44. The number of nitrogens with zero attached hydrogens (tertiary/aromatic N) is 2. The van der Waals surface area contributed by atoms with Crippen LogP contribution in [0.25, 0.3) is 43.4 Å². The Hall–Kier alpha value is -3.38. The van der Waals surface area contributed by atoms with Crippen LogP contribution < -0.4 is 16.0 Å². The highest BCUT2D eigenvalue weighted by atomic mass is 35.5. The van der Waals surface area contributed by atoms with Crippen LogP contribution in [-0.2, 0) is 6.42 Å². The zero-order valence-electron chi connectivity index (χ0n) is 22.1. The second kappa shape index (κ2) is 12.2. The van der Waals surface area contributed by atoms with Crippen LogP contribution in [0, 0.1) is 0 Å². The third-order valence-corrected chi connectivity index (χ3v) is 7.67. The van der Waals surface area contributed by atoms with Crippen LogP contribution in [0.3, 0.4) is 0 Å². The molecule has 7 heteroatoms. The summed E-state index contributed by atoms with van der Waals surface area (Å²) in [6.45, 7) is 5.57. The van der Waals surface area contributed by atoms with E-state index < -0.39 is 0 Å². The fourth-order valence-corrected chi connectivity index (χ4v) is 5.91. The van der Waals surface area contributed by atoms with Crippen LogP contribution in [0.2, 0.25) is 0 Å². The topological polar surface area (TPSA) is 71.2 Å². The smallest absolute Gasteiger partial charge is 0.251 e. The minimum absolute atomic E-state index is 0. The lowest BCUT2D eigenvalue weighted by Gasteiger charge is -2.34. The number of hydrogen-bond donors (Lipinski definition) is 2. The fourth-order valence-electron chi connectivity index (χ4n) is 5.91. The van der Waals surface area contributed by atoms with Gasteiger partial charge in [-0.2, -0.15) is 0 Å². The molecule has 1 amide bonds. The predicted octanol–water partition coefficient (Wildman–Crippen LogP) is 6.90. The first-order chi connectivity index (χ1) is 18.2. The Bertz CT molecular complexity index is 1640. The van der Waals surface area contributed by atoms with Crippen molar-refractivity contribution in [3.63, 3.8) is 0 Å². The molecule has 1 aliphatic rings. The van der Waals surface area contributed by atoms with Gasteiger partial charge in [-0.15, -0.1) is 24.8 Å². The number of aryl methyl sites for hydroxylation is 1. The number of amides is 1. The van der Waals surface area contributed by atoms with Crippen molar-refractivity contribution in [3.8, 4) is 11.1 Å². The molecule has 1 fully saturated rings. The molecule has 6 rings (SSSR count). The number of halogens is 2. The molecule has 5 nitrogen and oxygen atoms in total. The number of anilines is 1. The van der Waals surface area contributed by atoms with Gasteiger partial charge in [0.2, 0.25) is 0 Å². The van der Waals surface area contributed by atoms with Crippen molar-refractivity contribution >= 4 is 68.7 Å². The van der Waals surface area contributed by atoms with Crippen LogP contribution in [0.5, 0.6) is 0 Å². The molecule has 1 aliphatic heterocycles. The summed E-state index contributed by atoms with van der Waals surface area (Å²) in [5.41, 5.74) is 11.2. The van der Waals surface area contributed by atoms with Gasteiger partial charge in [0.15, 0.2) is 0 Å². The van der Waals surface area contributed by atoms with Crippen LogP contribution in [-0.4, -0.2) is 37.1 Å². The van der Waals surface area contributed by atoms with Crippen LogP contribution >= 0.6 is 24.8 Å². The number of unbranched alkanes of at least 4 members (excludes halogenated alkanes) is 1. The third kappa shape index (κ3) is 5.14. The lowest BCUT2D eigenvalue weighted by molar-refractivity contribution is 0.1000. The van der Waals surface area contributed by atoms with Gasteiger partial charge < -0.3 is 16.0 Å². The highest BCUT2D eigenvalue weighted by molar-refractivity contribution is 6.19. The molecule has 0 unspecified atom stereocenters. The fraction of sp³-hybridized carbons (Fsp3) is 0.250. The summed E-state index contributed by atoms with van der Waals surface area (Å²) in [6, 6.07) is 21.5. The van der Waals surface area contributed by atoms with Crippen LogP contribution in [0.1, 0.15) is 35.7 Å². The monoisotopic (exact) mass is 560 g/mol. The molecule has 0 spiro atoms. The quantitative estimate of drug-likeness (QED) is 0.221. The van der Waals surface area contributed by atoms with Gasteiger partial charge in [0, 0.05) is 49.5 Å². The number of aromatic nitrogens is 1. The second-order valence-corrected chi connectivity index (χ2v) is 9.93. The summed E-state index contributed by atoms with van der Waals surface area (Å²) in [6.07, 6.45) is 6.64. The van der Waals surface area contributed by atoms with Gasteiger partial charge >= 0.3 is 0 Å². The molecule has 0 saturated carbocycles. The van der Waals surface area contributed by atoms with Gasteiger partial charge in [-0.05, 0) is 69.1 Å². The molecule has 0 aliphatic carbocycles. The van der Waals surface area contributed by atoms with E-state index in [4.69, 9.17) is 5.73 Å². The molecule has 5 aromatic rings. The molecule has 39 heavy (non-hydrogen) atoms. The summed E-state index contributed by atoms with van der Waals surface area (Å²) in [5.74, 6) is -0.352. The average Bonchev–Trinajstić information content (AvgIpc) is 2.94. The number of primary amides is 1. The highest BCUT2D eigenvalue weighted by Crippen LogP contribution is 2.46. The number of pyridine rings is 1. The minimum atomic E-state index is -0.352. The molecule has 0 radical (unpaired) electrons. The van der Waals surface area contributed by atoms with E-state index in [0.717, 1.165) is 84.0 Å². The number of rotatable bonds is 6. The van der Waals surface area contributed by atoms with E-state index in [-0.39, 0.29) is 30.7 Å². The van der Waals surface area contributed by atoms with E-state index >= 15 is 0 Å². The van der Waals surface area contributed by atoms with Crippen molar-refractivity contribution in [1.29, 1.82) is 0 Å². The van der Waals surface area contributed by atoms with E-state index in [9.17, 15) is 4.79 Å². The Labute approximate surface area is 241 Å². The summed E-state index contributed by atoms with van der Waals surface area (Å²) >= 11 is 0. The third-order valence-electron chi connectivity index (χ3n) is 7.67. The maximum atomic E-state index is 13.4. The van der Waals surface area contributed by atoms with Gasteiger partial charge in [0.25, 0.3) is 5.91 Å². The highest BCUT2D eigenvalue weighted by Gasteiger charge is 2.28. The van der Waals surface area contributed by atoms with E-state index in [1.54, 1.807) is 0 Å². The van der Waals surface area contributed by atoms with Crippen molar-refractivity contribution in [2.45, 2.75) is 26.2 Å². The first-order valence-corrected chi connectivity index (χ1v) is 13.3. The van der Waals surface area contributed by atoms with Gasteiger partial charge in [-0.3, -0.25) is 9.78 Å². The summed E-state index contributed by atoms with van der Waals surface area (Å²) in [4.78, 5) is 20.2. The molecular weight excluding hydrogens is 527 g/mol. The molecule has 0 bridgehead atoms. The zero-order chi connectivity index (χ0) is 25.4. The van der Waals surface area contributed by atoms with Crippen molar-refractivity contribution in [2.75, 3.05) is 31.1 Å². The lowest BCUT2D eigenvalue weighted by atomic mass is 9.84. The van der Waals surface area contributed by atoms with Crippen LogP contribution in [0.15, 0.2) is 73.1 Å². The number of benzene rings is 4. The number of fused-ring (bicyclic) bond motifs is 3. The Morgan fingerprint density at radius 3 is 2.31 bits per heavy atom. The molecular formula is C32H34Cl2N4O. The van der Waals surface area contributed by atoms with E-state index in [1.807, 2.05) is 18.5 Å². The van der Waals surface area contributed by atoms with Gasteiger partial charge in [0.05, 0.1) is 11.3 Å². The SMILES string of the molecule is CCCCc1c(C(N)=O)c(N2CCNCC2)c(-c2cccc3ccncc23)c2cc3ccccc3cc12.Cl.Cl. The second-order valence-electron chi connectivity index (χ2n) is 9.93. The molecule has 0 atom stereocenters. The van der Waals surface area contributed by atoms with E-state index in [0.29, 0.717) is 5.56 Å². The largest absolute Gasteiger partial charge is 0.368 e. The zero-order valence-corrected chi connectivity index (χ0v) is 23.7. The van der Waals surface area contributed by atoms with Crippen LogP contribution in [0.4, 0.5) is 5.69 Å². The average molecular weight is 562 g/mol. The number of piperazine rings is 1. The Morgan fingerprint density at radius 1 is 0.923 bits per heavy atom. The number of carbonyl (C=O) groups is 1.